The number of rotatable bonds is 5. The van der Waals surface area contributed by atoms with Gasteiger partial charge in [0.2, 0.25) is 0 Å². The van der Waals surface area contributed by atoms with Crippen molar-refractivity contribution in [3.63, 3.8) is 0 Å². The Morgan fingerprint density at radius 1 is 1.18 bits per heavy atom. The van der Waals surface area contributed by atoms with Crippen molar-refractivity contribution in [1.29, 1.82) is 0 Å². The first-order valence-electron chi connectivity index (χ1n) is 7.08. The van der Waals surface area contributed by atoms with Gasteiger partial charge in [-0.3, -0.25) is 0 Å². The lowest BCUT2D eigenvalue weighted by atomic mass is 10.2. The van der Waals surface area contributed by atoms with Crippen LogP contribution in [0.25, 0.3) is 0 Å². The second kappa shape index (κ2) is 7.75. The summed E-state index contributed by atoms with van der Waals surface area (Å²) >= 11 is 5.31. The zero-order chi connectivity index (χ0) is 15.9. The monoisotopic (exact) mass is 318 g/mol. The van der Waals surface area contributed by atoms with Crippen LogP contribution in [0.3, 0.4) is 0 Å². The van der Waals surface area contributed by atoms with Crippen LogP contribution in [0.2, 0.25) is 0 Å². The van der Waals surface area contributed by atoms with Crippen molar-refractivity contribution in [2.75, 3.05) is 19.0 Å². The molecule has 1 N–H and O–H groups in total. The number of para-hydroxylation sites is 1. The van der Waals surface area contributed by atoms with Crippen LogP contribution in [0, 0.1) is 5.82 Å². The number of hydrogen-bond donors (Lipinski definition) is 1. The van der Waals surface area contributed by atoms with Gasteiger partial charge in [0.05, 0.1) is 12.3 Å². The molecule has 2 aromatic rings. The van der Waals surface area contributed by atoms with Gasteiger partial charge in [0.25, 0.3) is 0 Å². The smallest absolute Gasteiger partial charge is 0.173 e. The molecule has 0 fully saturated rings. The fourth-order valence-electron chi connectivity index (χ4n) is 1.98. The second-order valence-electron chi connectivity index (χ2n) is 4.84. The van der Waals surface area contributed by atoms with Gasteiger partial charge in [0.1, 0.15) is 11.6 Å². The molecule has 0 atom stereocenters. The average molecular weight is 318 g/mol. The van der Waals surface area contributed by atoms with E-state index in [-0.39, 0.29) is 5.82 Å². The van der Waals surface area contributed by atoms with E-state index < -0.39 is 0 Å². The normalized spacial score (nSPS) is 10.1. The average Bonchev–Trinajstić information content (AvgIpc) is 2.51. The Labute approximate surface area is 135 Å². The molecular weight excluding hydrogens is 299 g/mol. The van der Waals surface area contributed by atoms with Crippen molar-refractivity contribution in [2.24, 2.45) is 0 Å². The summed E-state index contributed by atoms with van der Waals surface area (Å²) in [6, 6.07) is 14.3. The van der Waals surface area contributed by atoms with Gasteiger partial charge in [-0.15, -0.1) is 0 Å². The van der Waals surface area contributed by atoms with Crippen molar-refractivity contribution in [3.05, 3.63) is 59.9 Å². The molecule has 0 saturated heterocycles. The van der Waals surface area contributed by atoms with Crippen molar-refractivity contribution in [3.8, 4) is 5.75 Å². The lowest BCUT2D eigenvalue weighted by Crippen LogP contribution is -2.30. The minimum absolute atomic E-state index is 0.320. The Balaban J connectivity index is 1.95. The minimum Gasteiger partial charge on any atom is -0.494 e. The van der Waals surface area contributed by atoms with Crippen LogP contribution in [-0.4, -0.2) is 23.7 Å². The molecule has 0 aromatic heterocycles. The molecule has 0 amide bonds. The van der Waals surface area contributed by atoms with Gasteiger partial charge in [-0.1, -0.05) is 24.3 Å². The summed E-state index contributed by atoms with van der Waals surface area (Å²) in [5, 5.41) is 3.39. The summed E-state index contributed by atoms with van der Waals surface area (Å²) in [5.41, 5.74) is 1.48. The van der Waals surface area contributed by atoms with Gasteiger partial charge < -0.3 is 15.0 Å². The molecule has 0 bridgehead atoms. The first-order valence-corrected chi connectivity index (χ1v) is 7.49. The third-order valence-corrected chi connectivity index (χ3v) is 3.53. The number of thiocarbonyl (C=S) groups is 1. The van der Waals surface area contributed by atoms with Crippen molar-refractivity contribution in [2.45, 2.75) is 13.5 Å². The molecule has 0 aliphatic heterocycles. The number of ether oxygens (including phenoxy) is 1. The van der Waals surface area contributed by atoms with E-state index >= 15 is 0 Å². The predicted octanol–water partition coefficient (Wildman–Crippen LogP) is 4.05. The molecule has 0 radical (unpaired) electrons. The van der Waals surface area contributed by atoms with Gasteiger partial charge in [0.15, 0.2) is 5.11 Å². The van der Waals surface area contributed by atoms with E-state index in [2.05, 4.69) is 5.32 Å². The molecule has 22 heavy (non-hydrogen) atoms. The first-order chi connectivity index (χ1) is 10.6. The van der Waals surface area contributed by atoms with E-state index in [0.717, 1.165) is 11.3 Å². The predicted molar refractivity (Wildman–Crippen MR) is 91.7 cm³/mol. The SMILES string of the molecule is CCOc1ccc(CN(C)C(=S)Nc2ccccc2F)cc1. The Bertz CT molecular complexity index is 631. The number of anilines is 1. The highest BCUT2D eigenvalue weighted by molar-refractivity contribution is 7.80. The van der Waals surface area contributed by atoms with Gasteiger partial charge in [-0.25, -0.2) is 4.39 Å². The van der Waals surface area contributed by atoms with Crippen LogP contribution in [-0.2, 0) is 6.54 Å². The van der Waals surface area contributed by atoms with Gasteiger partial charge in [0, 0.05) is 13.6 Å². The van der Waals surface area contributed by atoms with Crippen LogP contribution >= 0.6 is 12.2 Å². The highest BCUT2D eigenvalue weighted by Crippen LogP contribution is 2.15. The second-order valence-corrected chi connectivity index (χ2v) is 5.23. The molecule has 0 aliphatic carbocycles. The fraction of sp³-hybridized carbons (Fsp3) is 0.235. The van der Waals surface area contributed by atoms with Crippen LogP contribution in [0.5, 0.6) is 5.75 Å². The van der Waals surface area contributed by atoms with Crippen molar-refractivity contribution in [1.82, 2.24) is 4.90 Å². The zero-order valence-corrected chi connectivity index (χ0v) is 13.5. The standard InChI is InChI=1S/C17H19FN2OS/c1-3-21-14-10-8-13(9-11-14)12-20(2)17(22)19-16-7-5-4-6-15(16)18/h4-11H,3,12H2,1-2H3,(H,19,22). The first kappa shape index (κ1) is 16.2. The Morgan fingerprint density at radius 3 is 2.50 bits per heavy atom. The summed E-state index contributed by atoms with van der Waals surface area (Å²) in [6.45, 7) is 3.23. The number of hydrogen-bond acceptors (Lipinski definition) is 2. The third kappa shape index (κ3) is 4.43. The maximum absolute atomic E-state index is 13.6. The van der Waals surface area contributed by atoms with E-state index in [9.17, 15) is 4.39 Å². The molecule has 2 aromatic carbocycles. The number of halogens is 1. The lowest BCUT2D eigenvalue weighted by Gasteiger charge is -2.21. The quantitative estimate of drug-likeness (QED) is 0.841. The van der Waals surface area contributed by atoms with Crippen molar-refractivity contribution >= 4 is 23.0 Å². The maximum Gasteiger partial charge on any atom is 0.173 e. The summed E-state index contributed by atoms with van der Waals surface area (Å²) < 4.78 is 19.0. The van der Waals surface area contributed by atoms with Crippen LogP contribution in [0.4, 0.5) is 10.1 Å². The molecular formula is C17H19FN2OS. The Kier molecular flexibility index (Phi) is 5.72. The van der Waals surface area contributed by atoms with E-state index in [0.29, 0.717) is 24.0 Å². The molecule has 0 aliphatic rings. The summed E-state index contributed by atoms with van der Waals surface area (Å²) in [5.74, 6) is 0.528. The fourth-order valence-corrected chi connectivity index (χ4v) is 2.15. The molecule has 116 valence electrons. The third-order valence-electron chi connectivity index (χ3n) is 3.12. The van der Waals surface area contributed by atoms with Gasteiger partial charge in [-0.05, 0) is 49.0 Å². The molecule has 0 unspecified atom stereocenters. The number of nitrogens with one attached hydrogen (secondary N) is 1. The largest absolute Gasteiger partial charge is 0.494 e. The molecule has 3 nitrogen and oxygen atoms in total. The molecule has 5 heteroatoms. The Hall–Kier alpha value is -2.14. The van der Waals surface area contributed by atoms with E-state index in [1.807, 2.05) is 43.1 Å². The maximum atomic E-state index is 13.6. The van der Waals surface area contributed by atoms with E-state index in [1.165, 1.54) is 6.07 Å². The van der Waals surface area contributed by atoms with Gasteiger partial charge in [-0.2, -0.15) is 0 Å². The highest BCUT2D eigenvalue weighted by atomic mass is 32.1. The van der Waals surface area contributed by atoms with E-state index in [1.54, 1.807) is 18.2 Å². The highest BCUT2D eigenvalue weighted by Gasteiger charge is 2.08. The Morgan fingerprint density at radius 2 is 1.86 bits per heavy atom. The minimum atomic E-state index is -0.320. The molecule has 0 saturated carbocycles. The number of benzene rings is 2. The topological polar surface area (TPSA) is 24.5 Å². The zero-order valence-electron chi connectivity index (χ0n) is 12.7. The number of nitrogens with zero attached hydrogens (tertiary/aromatic N) is 1. The van der Waals surface area contributed by atoms with Crippen LogP contribution in [0.15, 0.2) is 48.5 Å². The lowest BCUT2D eigenvalue weighted by molar-refractivity contribution is 0.340. The molecule has 0 spiro atoms. The van der Waals surface area contributed by atoms with E-state index in [4.69, 9.17) is 17.0 Å². The van der Waals surface area contributed by atoms with Crippen LogP contribution < -0.4 is 10.1 Å². The van der Waals surface area contributed by atoms with Crippen LogP contribution in [0.1, 0.15) is 12.5 Å². The summed E-state index contributed by atoms with van der Waals surface area (Å²) in [4.78, 5) is 1.86. The van der Waals surface area contributed by atoms with Gasteiger partial charge >= 0.3 is 0 Å². The molecule has 0 heterocycles. The molecule has 2 rings (SSSR count). The van der Waals surface area contributed by atoms with Crippen molar-refractivity contribution < 1.29 is 9.13 Å². The summed E-state index contributed by atoms with van der Waals surface area (Å²) in [7, 11) is 1.87. The summed E-state index contributed by atoms with van der Waals surface area (Å²) in [6.07, 6.45) is 0.